The lowest BCUT2D eigenvalue weighted by Gasteiger charge is -2.54. The summed E-state index contributed by atoms with van der Waals surface area (Å²) in [4.78, 5) is 0. The van der Waals surface area contributed by atoms with Gasteiger partial charge in [0.25, 0.3) is 0 Å². The van der Waals surface area contributed by atoms with E-state index < -0.39 is 0 Å². The van der Waals surface area contributed by atoms with Gasteiger partial charge in [-0.05, 0) is 89.4 Å². The molecule has 4 fully saturated rings. The van der Waals surface area contributed by atoms with Crippen molar-refractivity contribution in [1.82, 2.24) is 0 Å². The molecule has 4 aliphatic carbocycles. The van der Waals surface area contributed by atoms with Crippen LogP contribution in [0.25, 0.3) is 0 Å². The Bertz CT molecular complexity index is 431. The minimum Gasteiger partial charge on any atom is -0.375 e. The summed E-state index contributed by atoms with van der Waals surface area (Å²) in [7, 11) is 0. The fourth-order valence-corrected chi connectivity index (χ4v) is 5.37. The molecule has 4 saturated carbocycles. The van der Waals surface area contributed by atoms with Crippen LogP contribution in [-0.2, 0) is 9.47 Å². The van der Waals surface area contributed by atoms with Gasteiger partial charge in [-0.2, -0.15) is 0 Å². The molecular weight excluding hydrogens is 296 g/mol. The Morgan fingerprint density at radius 3 is 2.17 bits per heavy atom. The zero-order valence-corrected chi connectivity index (χ0v) is 15.9. The summed E-state index contributed by atoms with van der Waals surface area (Å²) < 4.78 is 12.0. The number of rotatable bonds is 9. The van der Waals surface area contributed by atoms with E-state index in [1.165, 1.54) is 43.3 Å². The van der Waals surface area contributed by atoms with Gasteiger partial charge in [-0.15, -0.1) is 0 Å². The van der Waals surface area contributed by atoms with Crippen molar-refractivity contribution >= 4 is 0 Å². The first-order valence-corrected chi connectivity index (χ1v) is 10.1. The quantitative estimate of drug-likeness (QED) is 0.408. The van der Waals surface area contributed by atoms with Gasteiger partial charge in [0, 0.05) is 0 Å². The topological polar surface area (TPSA) is 18.5 Å². The van der Waals surface area contributed by atoms with Crippen LogP contribution in [0.1, 0.15) is 65.7 Å². The van der Waals surface area contributed by atoms with Crippen LogP contribution >= 0.6 is 0 Å². The lowest BCUT2D eigenvalue weighted by Crippen LogP contribution is -2.49. The Balaban J connectivity index is 1.27. The van der Waals surface area contributed by atoms with Crippen LogP contribution in [0.2, 0.25) is 0 Å². The molecular formula is C22H36O2. The first-order valence-electron chi connectivity index (χ1n) is 10.1. The Kier molecular flexibility index (Phi) is 6.57. The normalized spacial score (nSPS) is 34.6. The van der Waals surface area contributed by atoms with Crippen molar-refractivity contribution < 1.29 is 9.47 Å². The van der Waals surface area contributed by atoms with Gasteiger partial charge in [0.15, 0.2) is 0 Å². The summed E-state index contributed by atoms with van der Waals surface area (Å²) in [5, 5.41) is 0. The van der Waals surface area contributed by atoms with Crippen molar-refractivity contribution in [1.29, 1.82) is 0 Å². The molecule has 2 heteroatoms. The van der Waals surface area contributed by atoms with Gasteiger partial charge in [-0.1, -0.05) is 23.3 Å². The molecule has 4 aliphatic rings. The van der Waals surface area contributed by atoms with Crippen molar-refractivity contribution in [2.45, 2.75) is 71.8 Å². The molecule has 0 saturated heterocycles. The summed E-state index contributed by atoms with van der Waals surface area (Å²) >= 11 is 0. The Labute approximate surface area is 148 Å². The largest absolute Gasteiger partial charge is 0.375 e. The number of ether oxygens (including phenoxy) is 2. The third-order valence-corrected chi connectivity index (χ3v) is 6.32. The molecule has 0 aromatic heterocycles. The van der Waals surface area contributed by atoms with E-state index in [2.05, 4.69) is 32.9 Å². The molecule has 4 bridgehead atoms. The van der Waals surface area contributed by atoms with Gasteiger partial charge in [0.05, 0.1) is 25.9 Å². The highest BCUT2D eigenvalue weighted by Crippen LogP contribution is 2.54. The van der Waals surface area contributed by atoms with Crippen LogP contribution in [-0.4, -0.2) is 25.9 Å². The second-order valence-electron chi connectivity index (χ2n) is 8.71. The minimum atomic E-state index is 0.544. The van der Waals surface area contributed by atoms with Crippen LogP contribution in [0.3, 0.4) is 0 Å². The lowest BCUT2D eigenvalue weighted by molar-refractivity contribution is -0.132. The summed E-state index contributed by atoms with van der Waals surface area (Å²) in [6.45, 7) is 8.76. The highest BCUT2D eigenvalue weighted by Gasteiger charge is 2.48. The highest BCUT2D eigenvalue weighted by molar-refractivity contribution is 5.02. The fraction of sp³-hybridized carbons (Fsp3) is 0.818. The van der Waals surface area contributed by atoms with Crippen LogP contribution in [0.15, 0.2) is 23.3 Å². The van der Waals surface area contributed by atoms with E-state index in [1.807, 2.05) is 0 Å². The van der Waals surface area contributed by atoms with Crippen molar-refractivity contribution in [2.75, 3.05) is 19.8 Å². The van der Waals surface area contributed by atoms with Gasteiger partial charge in [-0.3, -0.25) is 0 Å². The van der Waals surface area contributed by atoms with Gasteiger partial charge in [0.1, 0.15) is 0 Å². The third-order valence-electron chi connectivity index (χ3n) is 6.32. The van der Waals surface area contributed by atoms with E-state index in [9.17, 15) is 0 Å². The maximum atomic E-state index is 6.26. The molecule has 0 N–H and O–H groups in total. The van der Waals surface area contributed by atoms with E-state index in [0.29, 0.717) is 6.10 Å². The van der Waals surface area contributed by atoms with Crippen LogP contribution < -0.4 is 0 Å². The van der Waals surface area contributed by atoms with Gasteiger partial charge >= 0.3 is 0 Å². The van der Waals surface area contributed by atoms with E-state index in [0.717, 1.165) is 56.3 Å². The summed E-state index contributed by atoms with van der Waals surface area (Å²) in [6, 6.07) is 0. The minimum absolute atomic E-state index is 0.544. The summed E-state index contributed by atoms with van der Waals surface area (Å²) in [5.41, 5.74) is 2.83. The molecule has 136 valence electrons. The molecule has 2 nitrogen and oxygen atoms in total. The molecule has 0 aromatic carbocycles. The van der Waals surface area contributed by atoms with Crippen LogP contribution in [0, 0.1) is 23.7 Å². The fourth-order valence-electron chi connectivity index (χ4n) is 5.37. The van der Waals surface area contributed by atoms with Crippen molar-refractivity contribution in [3.05, 3.63) is 23.3 Å². The first kappa shape index (κ1) is 18.2. The molecule has 0 amide bonds. The lowest BCUT2D eigenvalue weighted by atomic mass is 9.55. The maximum absolute atomic E-state index is 6.26. The van der Waals surface area contributed by atoms with Crippen molar-refractivity contribution in [2.24, 2.45) is 23.7 Å². The Morgan fingerprint density at radius 1 is 0.875 bits per heavy atom. The zero-order valence-electron chi connectivity index (χ0n) is 15.9. The van der Waals surface area contributed by atoms with Crippen LogP contribution in [0.5, 0.6) is 0 Å². The molecule has 0 atom stereocenters. The molecule has 0 spiro atoms. The first-order chi connectivity index (χ1) is 11.6. The van der Waals surface area contributed by atoms with E-state index in [4.69, 9.17) is 9.47 Å². The smallest absolute Gasteiger partial charge is 0.0704 e. The monoisotopic (exact) mass is 332 g/mol. The third kappa shape index (κ3) is 4.95. The number of hydrogen-bond donors (Lipinski definition) is 0. The molecule has 0 aromatic rings. The van der Waals surface area contributed by atoms with Crippen molar-refractivity contribution in [3.63, 3.8) is 0 Å². The number of hydrogen-bond acceptors (Lipinski definition) is 2. The summed E-state index contributed by atoms with van der Waals surface area (Å²) in [6.07, 6.45) is 14.6. The predicted octanol–water partition coefficient (Wildman–Crippen LogP) is 5.54. The van der Waals surface area contributed by atoms with E-state index >= 15 is 0 Å². The predicted molar refractivity (Wildman–Crippen MR) is 100 cm³/mol. The van der Waals surface area contributed by atoms with Crippen LogP contribution in [0.4, 0.5) is 0 Å². The second-order valence-corrected chi connectivity index (χ2v) is 8.71. The molecule has 4 rings (SSSR count). The SMILES string of the molecule is CC(C)=CCC/C(C)=C/COCCOC1C2CC3CC(C2)CC1C3. The molecule has 0 radical (unpaired) electrons. The molecule has 24 heavy (non-hydrogen) atoms. The molecule has 0 aliphatic heterocycles. The number of allylic oxidation sites excluding steroid dienone is 3. The Morgan fingerprint density at radius 2 is 1.54 bits per heavy atom. The van der Waals surface area contributed by atoms with Crippen molar-refractivity contribution in [3.8, 4) is 0 Å². The second kappa shape index (κ2) is 8.67. The van der Waals surface area contributed by atoms with Gasteiger partial charge in [0.2, 0.25) is 0 Å². The molecule has 0 heterocycles. The Hall–Kier alpha value is -0.600. The van der Waals surface area contributed by atoms with E-state index in [-0.39, 0.29) is 0 Å². The van der Waals surface area contributed by atoms with Gasteiger partial charge < -0.3 is 9.47 Å². The maximum Gasteiger partial charge on any atom is 0.0704 e. The average Bonchev–Trinajstić information content (AvgIpc) is 2.51. The molecule has 0 unspecified atom stereocenters. The van der Waals surface area contributed by atoms with E-state index in [1.54, 1.807) is 0 Å². The highest BCUT2D eigenvalue weighted by atomic mass is 16.5. The summed E-state index contributed by atoms with van der Waals surface area (Å²) in [5.74, 6) is 3.78. The van der Waals surface area contributed by atoms with Gasteiger partial charge in [-0.25, -0.2) is 0 Å². The average molecular weight is 333 g/mol. The standard InChI is InChI=1S/C22H36O2/c1-16(2)5-4-6-17(3)7-8-23-9-10-24-22-20-12-18-11-19(14-20)15-21(22)13-18/h5,7,18-22H,4,6,8-15H2,1-3H3/b17-7+. The zero-order chi connectivity index (χ0) is 16.9.